The standard InChI is InChI=1S/C31H56O3/c1-5-8-11-14-17-20-23-26-27(24-21-18-15-12-9-6-2)29(32)30(33)31(34-4)28(26)25-22-19-16-13-10-7-3/h32-33H,5-25H2,1-4H3. The van der Waals surface area contributed by atoms with Crippen LogP contribution in [0, 0.1) is 0 Å². The third-order valence-corrected chi connectivity index (χ3v) is 7.27. The Balaban J connectivity index is 2.99. The molecule has 0 bridgehead atoms. The molecule has 198 valence electrons. The molecule has 2 N–H and O–H groups in total. The van der Waals surface area contributed by atoms with Crippen molar-refractivity contribution in [2.75, 3.05) is 7.11 Å². The Bertz CT molecular complexity index is 638. The third-order valence-electron chi connectivity index (χ3n) is 7.27. The summed E-state index contributed by atoms with van der Waals surface area (Å²) < 4.78 is 5.67. The Morgan fingerprint density at radius 2 is 0.794 bits per heavy atom. The Hall–Kier alpha value is -1.38. The number of benzene rings is 1. The van der Waals surface area contributed by atoms with Crippen molar-refractivity contribution < 1.29 is 14.9 Å². The lowest BCUT2D eigenvalue weighted by molar-refractivity contribution is 0.343. The normalized spacial score (nSPS) is 11.3. The Labute approximate surface area is 211 Å². The van der Waals surface area contributed by atoms with E-state index in [1.807, 2.05) is 0 Å². The van der Waals surface area contributed by atoms with Crippen LogP contribution in [-0.4, -0.2) is 17.3 Å². The van der Waals surface area contributed by atoms with Gasteiger partial charge < -0.3 is 14.9 Å². The molecule has 34 heavy (non-hydrogen) atoms. The molecule has 0 heterocycles. The Kier molecular flexibility index (Phi) is 17.9. The first-order valence-corrected chi connectivity index (χ1v) is 14.7. The van der Waals surface area contributed by atoms with Crippen molar-refractivity contribution in [3.63, 3.8) is 0 Å². The number of rotatable bonds is 22. The number of hydrogen-bond donors (Lipinski definition) is 2. The fourth-order valence-electron chi connectivity index (χ4n) is 5.16. The van der Waals surface area contributed by atoms with Gasteiger partial charge in [-0.25, -0.2) is 0 Å². The molecule has 1 aromatic rings. The number of unbranched alkanes of at least 4 members (excludes halogenated alkanes) is 15. The predicted molar refractivity (Wildman–Crippen MR) is 148 cm³/mol. The minimum atomic E-state index is -0.0452. The SMILES string of the molecule is CCCCCCCCc1c(O)c(O)c(OC)c(CCCCCCCC)c1CCCCCCCC. The van der Waals surface area contributed by atoms with Crippen molar-refractivity contribution in [2.45, 2.75) is 156 Å². The molecular weight excluding hydrogens is 420 g/mol. The van der Waals surface area contributed by atoms with Crippen molar-refractivity contribution in [1.82, 2.24) is 0 Å². The largest absolute Gasteiger partial charge is 0.504 e. The second-order valence-electron chi connectivity index (χ2n) is 10.2. The van der Waals surface area contributed by atoms with Gasteiger partial charge in [0.15, 0.2) is 11.5 Å². The van der Waals surface area contributed by atoms with E-state index in [-0.39, 0.29) is 11.5 Å². The summed E-state index contributed by atoms with van der Waals surface area (Å²) >= 11 is 0. The smallest absolute Gasteiger partial charge is 0.201 e. The van der Waals surface area contributed by atoms with Crippen LogP contribution in [0.2, 0.25) is 0 Å². The van der Waals surface area contributed by atoms with Gasteiger partial charge in [0.2, 0.25) is 5.75 Å². The van der Waals surface area contributed by atoms with Crippen LogP contribution in [-0.2, 0) is 19.3 Å². The maximum Gasteiger partial charge on any atom is 0.201 e. The van der Waals surface area contributed by atoms with Crippen LogP contribution in [0.25, 0.3) is 0 Å². The van der Waals surface area contributed by atoms with Gasteiger partial charge in [-0.15, -0.1) is 0 Å². The maximum atomic E-state index is 11.0. The minimum absolute atomic E-state index is 0.0452. The lowest BCUT2D eigenvalue weighted by Gasteiger charge is -2.21. The van der Waals surface area contributed by atoms with Crippen molar-refractivity contribution in [3.05, 3.63) is 16.7 Å². The highest BCUT2D eigenvalue weighted by molar-refractivity contribution is 5.62. The number of methoxy groups -OCH3 is 1. The van der Waals surface area contributed by atoms with Crippen molar-refractivity contribution in [1.29, 1.82) is 0 Å². The highest BCUT2D eigenvalue weighted by atomic mass is 16.5. The summed E-state index contributed by atoms with van der Waals surface area (Å²) in [5, 5.41) is 21.8. The van der Waals surface area contributed by atoms with Crippen LogP contribution in [0.4, 0.5) is 0 Å². The van der Waals surface area contributed by atoms with Crippen LogP contribution in [0.3, 0.4) is 0 Å². The van der Waals surface area contributed by atoms with Crippen molar-refractivity contribution in [2.24, 2.45) is 0 Å². The first-order valence-electron chi connectivity index (χ1n) is 14.7. The number of phenolic OH excluding ortho intramolecular Hbond substituents is 2. The molecule has 1 aromatic carbocycles. The van der Waals surface area contributed by atoms with Crippen molar-refractivity contribution in [3.8, 4) is 17.2 Å². The molecule has 0 spiro atoms. The monoisotopic (exact) mass is 476 g/mol. The van der Waals surface area contributed by atoms with Crippen LogP contribution >= 0.6 is 0 Å². The molecule has 0 unspecified atom stereocenters. The first-order chi connectivity index (χ1) is 16.6. The molecule has 0 fully saturated rings. The molecule has 0 aliphatic carbocycles. The number of phenols is 2. The average molecular weight is 477 g/mol. The molecule has 0 aliphatic rings. The van der Waals surface area contributed by atoms with E-state index in [0.29, 0.717) is 5.75 Å². The second-order valence-corrected chi connectivity index (χ2v) is 10.2. The van der Waals surface area contributed by atoms with E-state index in [9.17, 15) is 10.2 Å². The fourth-order valence-corrected chi connectivity index (χ4v) is 5.16. The number of aromatic hydroxyl groups is 2. The van der Waals surface area contributed by atoms with Crippen LogP contribution in [0.1, 0.15) is 153 Å². The van der Waals surface area contributed by atoms with E-state index >= 15 is 0 Å². The summed E-state index contributed by atoms with van der Waals surface area (Å²) in [5.74, 6) is 0.535. The summed E-state index contributed by atoms with van der Waals surface area (Å²) in [4.78, 5) is 0. The molecule has 0 atom stereocenters. The first kappa shape index (κ1) is 30.7. The molecule has 1 rings (SSSR count). The van der Waals surface area contributed by atoms with E-state index in [1.165, 1.54) is 102 Å². The van der Waals surface area contributed by atoms with Gasteiger partial charge in [0.1, 0.15) is 0 Å². The lowest BCUT2D eigenvalue weighted by atomic mass is 9.88. The lowest BCUT2D eigenvalue weighted by Crippen LogP contribution is -2.06. The van der Waals surface area contributed by atoms with E-state index in [0.717, 1.165) is 49.7 Å². The summed E-state index contributed by atoms with van der Waals surface area (Å²) in [5.41, 5.74) is 3.41. The molecule has 0 amide bonds. The fraction of sp³-hybridized carbons (Fsp3) is 0.806. The number of ether oxygens (including phenoxy) is 1. The summed E-state index contributed by atoms with van der Waals surface area (Å²) in [6.07, 6.45) is 25.2. The zero-order valence-corrected chi connectivity index (χ0v) is 23.2. The molecule has 0 aromatic heterocycles. The van der Waals surface area contributed by atoms with E-state index in [2.05, 4.69) is 20.8 Å². The van der Waals surface area contributed by atoms with Gasteiger partial charge in [-0.05, 0) is 44.1 Å². The summed E-state index contributed by atoms with van der Waals surface area (Å²) in [6, 6.07) is 0. The van der Waals surface area contributed by atoms with Gasteiger partial charge in [0.05, 0.1) is 7.11 Å². The zero-order chi connectivity index (χ0) is 25.0. The van der Waals surface area contributed by atoms with Crippen LogP contribution in [0.5, 0.6) is 17.2 Å². The van der Waals surface area contributed by atoms with E-state index in [1.54, 1.807) is 7.11 Å². The van der Waals surface area contributed by atoms with Crippen LogP contribution in [0.15, 0.2) is 0 Å². The minimum Gasteiger partial charge on any atom is -0.504 e. The Morgan fingerprint density at radius 1 is 0.441 bits per heavy atom. The molecule has 0 saturated carbocycles. The molecule has 0 radical (unpaired) electrons. The maximum absolute atomic E-state index is 11.0. The highest BCUT2D eigenvalue weighted by Gasteiger charge is 2.23. The second kappa shape index (κ2) is 19.9. The van der Waals surface area contributed by atoms with Gasteiger partial charge in [-0.2, -0.15) is 0 Å². The van der Waals surface area contributed by atoms with Gasteiger partial charge in [-0.3, -0.25) is 0 Å². The van der Waals surface area contributed by atoms with E-state index < -0.39 is 0 Å². The highest BCUT2D eigenvalue weighted by Crippen LogP contribution is 2.45. The van der Waals surface area contributed by atoms with Gasteiger partial charge in [0.25, 0.3) is 0 Å². The molecule has 3 nitrogen and oxygen atoms in total. The zero-order valence-electron chi connectivity index (χ0n) is 23.2. The third kappa shape index (κ3) is 11.4. The molecular formula is C31H56O3. The molecule has 3 heteroatoms. The van der Waals surface area contributed by atoms with Gasteiger partial charge >= 0.3 is 0 Å². The number of hydrogen-bond acceptors (Lipinski definition) is 3. The Morgan fingerprint density at radius 3 is 1.21 bits per heavy atom. The summed E-state index contributed by atoms with van der Waals surface area (Å²) in [7, 11) is 1.63. The van der Waals surface area contributed by atoms with E-state index in [4.69, 9.17) is 4.74 Å². The van der Waals surface area contributed by atoms with Crippen molar-refractivity contribution >= 4 is 0 Å². The summed E-state index contributed by atoms with van der Waals surface area (Å²) in [6.45, 7) is 6.76. The van der Waals surface area contributed by atoms with Gasteiger partial charge in [-0.1, -0.05) is 117 Å². The predicted octanol–water partition coefficient (Wildman–Crippen LogP) is 9.82. The molecule has 0 aliphatic heterocycles. The average Bonchev–Trinajstić information content (AvgIpc) is 2.84. The van der Waals surface area contributed by atoms with Gasteiger partial charge in [0, 0.05) is 11.1 Å². The quantitative estimate of drug-likeness (QED) is 0.129. The van der Waals surface area contributed by atoms with Crippen LogP contribution < -0.4 is 4.74 Å². The molecule has 0 saturated heterocycles. The topological polar surface area (TPSA) is 49.7 Å².